The highest BCUT2D eigenvalue weighted by molar-refractivity contribution is 7.47. The molecule has 2 saturated heterocycles. The lowest BCUT2D eigenvalue weighted by Crippen LogP contribution is -2.29. The summed E-state index contributed by atoms with van der Waals surface area (Å²) < 4.78 is 52.6. The fourth-order valence-electron chi connectivity index (χ4n) is 4.32. The van der Waals surface area contributed by atoms with Gasteiger partial charge in [-0.2, -0.15) is 4.98 Å². The normalized spacial score (nSPS) is 28.3. The number of aliphatic hydroxyl groups is 1. The van der Waals surface area contributed by atoms with Crippen molar-refractivity contribution in [2.75, 3.05) is 24.7 Å². The summed E-state index contributed by atoms with van der Waals surface area (Å²) >= 11 is 0. The number of nitrogens with two attached hydrogens (primary N) is 2. The van der Waals surface area contributed by atoms with Gasteiger partial charge in [-0.05, 0) is 6.07 Å². The molecule has 2 aliphatic heterocycles. The number of ether oxygens (including phenoxy) is 2. The molecule has 223 valence electrons. The molecule has 22 heteroatoms. The Bertz CT molecular complexity index is 1560. The first-order valence-corrected chi connectivity index (χ1v) is 14.8. The highest BCUT2D eigenvalue weighted by Crippen LogP contribution is 2.49. The van der Waals surface area contributed by atoms with Crippen LogP contribution in [-0.4, -0.2) is 86.5 Å². The molecule has 0 saturated carbocycles. The number of imidazole rings is 1. The van der Waals surface area contributed by atoms with E-state index in [0.717, 1.165) is 4.57 Å². The first-order chi connectivity index (χ1) is 19.3. The Kier molecular flexibility index (Phi) is 8.25. The number of aliphatic hydroxyl groups excluding tert-OH is 1. The van der Waals surface area contributed by atoms with E-state index in [-0.39, 0.29) is 18.1 Å². The first-order valence-electron chi connectivity index (χ1n) is 11.8. The van der Waals surface area contributed by atoms with Gasteiger partial charge in [0.05, 0.1) is 25.6 Å². The summed E-state index contributed by atoms with van der Waals surface area (Å²) in [6.45, 7) is -1.28. The Morgan fingerprint density at radius 1 is 1.07 bits per heavy atom. The van der Waals surface area contributed by atoms with Crippen LogP contribution < -0.4 is 17.2 Å². The highest BCUT2D eigenvalue weighted by Gasteiger charge is 2.44. The van der Waals surface area contributed by atoms with E-state index < -0.39 is 71.4 Å². The third kappa shape index (κ3) is 6.79. The third-order valence-electron chi connectivity index (χ3n) is 6.10. The largest absolute Gasteiger partial charge is 0.472 e. The van der Waals surface area contributed by atoms with Crippen molar-refractivity contribution in [3.63, 3.8) is 0 Å². The van der Waals surface area contributed by atoms with Crippen molar-refractivity contribution in [1.29, 1.82) is 0 Å². The van der Waals surface area contributed by atoms with Crippen LogP contribution in [-0.2, 0) is 32.2 Å². The molecule has 0 aliphatic carbocycles. The van der Waals surface area contributed by atoms with Gasteiger partial charge < -0.3 is 40.7 Å². The van der Waals surface area contributed by atoms with Gasteiger partial charge in [-0.15, -0.1) is 0 Å². The molecule has 20 nitrogen and oxygen atoms in total. The van der Waals surface area contributed by atoms with Gasteiger partial charge >= 0.3 is 21.3 Å². The van der Waals surface area contributed by atoms with Crippen molar-refractivity contribution in [2.45, 2.75) is 43.3 Å². The zero-order valence-electron chi connectivity index (χ0n) is 20.8. The SMILES string of the molecule is Nc1ccn([C@H]2C[C@H](OP(=O)(O)OC[C@@H]3[CH][C@@H](O)[C@H](n4cnc5c(N)ncnc54)O3)[C@H](COP(=O)(O)O)O2)c(=O)n1. The van der Waals surface area contributed by atoms with E-state index in [1.807, 2.05) is 0 Å². The maximum Gasteiger partial charge on any atom is 0.472 e. The molecular formula is C19H25N8O12P2. The zero-order chi connectivity index (χ0) is 29.5. The standard InChI is InChI=1S/C19H25N8O12P2/c20-13-1-2-26(19(29)25-13)14-4-11(12(38-14)6-35-40(30,31)32)39-41(33,34)36-5-9-3-10(28)18(37-9)27-8-24-15-16(21)22-7-23-17(15)27/h1-3,7-12,14,18,28H,4-6H2,(H,33,34)(H2,20,25,29)(H2,21,22,23)(H2,30,31,32)/t9-,10+,11-,12-,14+,18+/m0/s1. The molecule has 5 heterocycles. The molecule has 5 rings (SSSR count). The molecule has 0 amide bonds. The number of aromatic nitrogens is 6. The highest BCUT2D eigenvalue weighted by atomic mass is 31.2. The minimum atomic E-state index is -4.94. The molecular weight excluding hydrogens is 594 g/mol. The monoisotopic (exact) mass is 619 g/mol. The fraction of sp³-hybridized carbons (Fsp3) is 0.474. The maximum absolute atomic E-state index is 12.8. The van der Waals surface area contributed by atoms with Crippen molar-refractivity contribution < 1.29 is 52.0 Å². The lowest BCUT2D eigenvalue weighted by molar-refractivity contribution is -0.0558. The predicted molar refractivity (Wildman–Crippen MR) is 134 cm³/mol. The van der Waals surface area contributed by atoms with Crippen LogP contribution >= 0.6 is 15.6 Å². The molecule has 8 N–H and O–H groups in total. The second kappa shape index (κ2) is 11.4. The predicted octanol–water partition coefficient (Wildman–Crippen LogP) is -1.39. The molecule has 1 unspecified atom stereocenters. The van der Waals surface area contributed by atoms with Crippen LogP contribution in [0, 0.1) is 6.42 Å². The molecule has 0 aromatic carbocycles. The summed E-state index contributed by atoms with van der Waals surface area (Å²) in [5.74, 6) is 0.0761. The Morgan fingerprint density at radius 3 is 2.59 bits per heavy atom. The van der Waals surface area contributed by atoms with Gasteiger partial charge in [0, 0.05) is 19.0 Å². The summed E-state index contributed by atoms with van der Waals surface area (Å²) in [7, 11) is -9.81. The minimum absolute atomic E-state index is 0.0522. The van der Waals surface area contributed by atoms with Crippen LogP contribution in [0.15, 0.2) is 29.7 Å². The quantitative estimate of drug-likeness (QED) is 0.142. The summed E-state index contributed by atoms with van der Waals surface area (Å²) in [6.07, 6.45) is -1.94. The summed E-state index contributed by atoms with van der Waals surface area (Å²) in [5, 5.41) is 10.5. The number of nitrogens with zero attached hydrogens (tertiary/aromatic N) is 6. The number of nitrogen functional groups attached to an aromatic ring is 2. The smallest absolute Gasteiger partial charge is 0.388 e. The molecule has 3 aromatic heterocycles. The van der Waals surface area contributed by atoms with Crippen molar-refractivity contribution >= 4 is 38.4 Å². The van der Waals surface area contributed by atoms with E-state index in [9.17, 15) is 23.9 Å². The molecule has 41 heavy (non-hydrogen) atoms. The van der Waals surface area contributed by atoms with Crippen molar-refractivity contribution in [3.8, 4) is 0 Å². The van der Waals surface area contributed by atoms with Crippen molar-refractivity contribution in [2.24, 2.45) is 0 Å². The molecule has 7 atom stereocenters. The molecule has 3 aromatic rings. The van der Waals surface area contributed by atoms with E-state index in [1.54, 1.807) is 0 Å². The number of hydrogen-bond acceptors (Lipinski definition) is 15. The number of rotatable bonds is 10. The van der Waals surface area contributed by atoms with Crippen LogP contribution in [0.2, 0.25) is 0 Å². The van der Waals surface area contributed by atoms with Crippen LogP contribution in [0.3, 0.4) is 0 Å². The van der Waals surface area contributed by atoms with E-state index in [0.29, 0.717) is 11.2 Å². The van der Waals surface area contributed by atoms with E-state index >= 15 is 0 Å². The number of phosphoric ester groups is 2. The topological polar surface area (TPSA) is 292 Å². The zero-order valence-corrected chi connectivity index (χ0v) is 22.5. The Labute approximate surface area is 229 Å². The van der Waals surface area contributed by atoms with E-state index in [4.69, 9.17) is 39.8 Å². The van der Waals surface area contributed by atoms with Gasteiger partial charge in [0.15, 0.2) is 17.7 Å². The second-order valence-corrected chi connectivity index (χ2v) is 11.6. The van der Waals surface area contributed by atoms with Crippen LogP contribution in [0.25, 0.3) is 11.2 Å². The third-order valence-corrected chi connectivity index (χ3v) is 7.60. The summed E-state index contributed by atoms with van der Waals surface area (Å²) in [6, 6.07) is 1.31. The number of fused-ring (bicyclic) bond motifs is 1. The maximum atomic E-state index is 12.8. The Morgan fingerprint density at radius 2 is 1.85 bits per heavy atom. The van der Waals surface area contributed by atoms with Crippen LogP contribution in [0.5, 0.6) is 0 Å². The van der Waals surface area contributed by atoms with Gasteiger partial charge in [-0.1, -0.05) is 0 Å². The molecule has 0 bridgehead atoms. The van der Waals surface area contributed by atoms with E-state index in [1.165, 1.54) is 35.9 Å². The average Bonchev–Trinajstić information content (AvgIpc) is 3.58. The van der Waals surface area contributed by atoms with Gasteiger partial charge in [0.25, 0.3) is 0 Å². The van der Waals surface area contributed by atoms with Gasteiger partial charge in [0.2, 0.25) is 0 Å². The number of phosphoric acid groups is 2. The first kappa shape index (κ1) is 29.6. The van der Waals surface area contributed by atoms with E-state index in [2.05, 4.69) is 24.5 Å². The molecule has 2 aliphatic rings. The van der Waals surface area contributed by atoms with Crippen LogP contribution in [0.4, 0.5) is 11.6 Å². The Balaban J connectivity index is 1.24. The number of anilines is 2. The molecule has 2 fully saturated rings. The summed E-state index contributed by atoms with van der Waals surface area (Å²) in [5.41, 5.74) is 11.1. The molecule has 1 radical (unpaired) electrons. The van der Waals surface area contributed by atoms with Gasteiger partial charge in [-0.25, -0.2) is 28.9 Å². The second-order valence-electron chi connectivity index (χ2n) is 8.93. The van der Waals surface area contributed by atoms with Crippen molar-refractivity contribution in [1.82, 2.24) is 29.1 Å². The lowest BCUT2D eigenvalue weighted by atomic mass is 10.2. The Hall–Kier alpha value is -2.87. The van der Waals surface area contributed by atoms with Gasteiger partial charge in [0.1, 0.15) is 42.2 Å². The molecule has 0 spiro atoms. The minimum Gasteiger partial charge on any atom is -0.388 e. The number of hydrogen-bond donors (Lipinski definition) is 6. The van der Waals surface area contributed by atoms with Crippen molar-refractivity contribution in [3.05, 3.63) is 41.8 Å². The van der Waals surface area contributed by atoms with Gasteiger partial charge in [-0.3, -0.25) is 22.7 Å². The fourth-order valence-corrected chi connectivity index (χ4v) is 5.62. The summed E-state index contributed by atoms with van der Waals surface area (Å²) in [4.78, 5) is 56.4. The average molecular weight is 619 g/mol. The van der Waals surface area contributed by atoms with Crippen LogP contribution in [0.1, 0.15) is 18.9 Å². The lowest BCUT2D eigenvalue weighted by Gasteiger charge is -2.22.